The van der Waals surface area contributed by atoms with E-state index in [9.17, 15) is 10.1 Å². The van der Waals surface area contributed by atoms with Gasteiger partial charge in [-0.05, 0) is 32.1 Å². The standard InChI is InChI=1S/C12H20N4O2/c1-3-15(4-2)9-5-8-13-12-7-6-11(10-14-12)16(17)18/h6-7,10H,3-5,8-9H2,1-2H3,(H,13,14). The molecule has 1 heterocycles. The second kappa shape index (κ2) is 7.60. The molecule has 0 fully saturated rings. The quantitative estimate of drug-likeness (QED) is 0.436. The molecule has 18 heavy (non-hydrogen) atoms. The first-order chi connectivity index (χ1) is 8.67. The number of nitro groups is 1. The fourth-order valence-corrected chi connectivity index (χ4v) is 1.66. The summed E-state index contributed by atoms with van der Waals surface area (Å²) in [6.45, 7) is 8.29. The molecule has 0 aromatic carbocycles. The van der Waals surface area contributed by atoms with Gasteiger partial charge in [-0.15, -0.1) is 0 Å². The lowest BCUT2D eigenvalue weighted by atomic mass is 10.3. The molecular weight excluding hydrogens is 232 g/mol. The Morgan fingerprint density at radius 2 is 2.11 bits per heavy atom. The molecule has 100 valence electrons. The molecule has 1 rings (SSSR count). The van der Waals surface area contributed by atoms with Crippen molar-refractivity contribution >= 4 is 11.5 Å². The van der Waals surface area contributed by atoms with E-state index < -0.39 is 4.92 Å². The van der Waals surface area contributed by atoms with E-state index in [0.29, 0.717) is 5.82 Å². The average molecular weight is 252 g/mol. The molecule has 0 radical (unpaired) electrons. The Hall–Kier alpha value is -1.69. The third-order valence-corrected chi connectivity index (χ3v) is 2.81. The Labute approximate surface area is 107 Å². The topological polar surface area (TPSA) is 71.3 Å². The van der Waals surface area contributed by atoms with Gasteiger partial charge in [0, 0.05) is 12.6 Å². The van der Waals surface area contributed by atoms with E-state index in [1.807, 2.05) is 0 Å². The van der Waals surface area contributed by atoms with Gasteiger partial charge in [-0.1, -0.05) is 13.8 Å². The van der Waals surface area contributed by atoms with Gasteiger partial charge in [0.25, 0.3) is 5.69 Å². The van der Waals surface area contributed by atoms with Crippen LogP contribution in [0.5, 0.6) is 0 Å². The fourth-order valence-electron chi connectivity index (χ4n) is 1.66. The van der Waals surface area contributed by atoms with Crippen LogP contribution in [0.25, 0.3) is 0 Å². The van der Waals surface area contributed by atoms with Gasteiger partial charge in [0.15, 0.2) is 0 Å². The lowest BCUT2D eigenvalue weighted by Crippen LogP contribution is -2.25. The summed E-state index contributed by atoms with van der Waals surface area (Å²) in [6, 6.07) is 3.09. The number of rotatable bonds is 8. The molecule has 1 aromatic rings. The Morgan fingerprint density at radius 3 is 2.61 bits per heavy atom. The van der Waals surface area contributed by atoms with E-state index in [1.165, 1.54) is 12.3 Å². The minimum absolute atomic E-state index is 0.0173. The summed E-state index contributed by atoms with van der Waals surface area (Å²) in [5.74, 6) is 0.681. The molecule has 0 bridgehead atoms. The van der Waals surface area contributed by atoms with Crippen LogP contribution in [-0.2, 0) is 0 Å². The smallest absolute Gasteiger partial charge is 0.287 e. The van der Waals surface area contributed by atoms with Crippen LogP contribution in [0, 0.1) is 10.1 Å². The van der Waals surface area contributed by atoms with E-state index in [2.05, 4.69) is 29.0 Å². The Kier molecular flexibility index (Phi) is 6.07. The van der Waals surface area contributed by atoms with Crippen LogP contribution in [0.4, 0.5) is 11.5 Å². The summed E-state index contributed by atoms with van der Waals surface area (Å²) in [5, 5.41) is 13.6. The number of nitrogens with zero attached hydrogens (tertiary/aromatic N) is 3. The highest BCUT2D eigenvalue weighted by Crippen LogP contribution is 2.11. The highest BCUT2D eigenvalue weighted by Gasteiger charge is 2.04. The molecule has 0 amide bonds. The van der Waals surface area contributed by atoms with Gasteiger partial charge in [-0.2, -0.15) is 0 Å². The van der Waals surface area contributed by atoms with E-state index in [4.69, 9.17) is 0 Å². The summed E-state index contributed by atoms with van der Waals surface area (Å²) in [5.41, 5.74) is 0.0173. The Bertz CT molecular complexity index is 363. The maximum atomic E-state index is 10.5. The fraction of sp³-hybridized carbons (Fsp3) is 0.583. The average Bonchev–Trinajstić information content (AvgIpc) is 2.39. The van der Waals surface area contributed by atoms with E-state index in [-0.39, 0.29) is 5.69 Å². The van der Waals surface area contributed by atoms with Crippen molar-refractivity contribution in [3.63, 3.8) is 0 Å². The Balaban J connectivity index is 2.29. The molecule has 0 atom stereocenters. The van der Waals surface area contributed by atoms with E-state index in [0.717, 1.165) is 32.6 Å². The third-order valence-electron chi connectivity index (χ3n) is 2.81. The van der Waals surface area contributed by atoms with Gasteiger partial charge >= 0.3 is 0 Å². The van der Waals surface area contributed by atoms with Crippen molar-refractivity contribution in [2.45, 2.75) is 20.3 Å². The van der Waals surface area contributed by atoms with Crippen molar-refractivity contribution in [1.82, 2.24) is 9.88 Å². The van der Waals surface area contributed by atoms with Gasteiger partial charge in [0.2, 0.25) is 0 Å². The number of hydrogen-bond donors (Lipinski definition) is 1. The van der Waals surface area contributed by atoms with Gasteiger partial charge < -0.3 is 10.2 Å². The zero-order valence-corrected chi connectivity index (χ0v) is 10.9. The molecule has 0 aliphatic carbocycles. The van der Waals surface area contributed by atoms with Crippen LogP contribution in [0.2, 0.25) is 0 Å². The molecule has 6 nitrogen and oxygen atoms in total. The van der Waals surface area contributed by atoms with Crippen molar-refractivity contribution in [2.75, 3.05) is 31.5 Å². The normalized spacial score (nSPS) is 10.6. The largest absolute Gasteiger partial charge is 0.370 e. The van der Waals surface area contributed by atoms with Crippen molar-refractivity contribution in [3.05, 3.63) is 28.4 Å². The first-order valence-corrected chi connectivity index (χ1v) is 6.24. The summed E-state index contributed by atoms with van der Waals surface area (Å²) in [7, 11) is 0. The molecule has 0 saturated carbocycles. The molecule has 1 aromatic heterocycles. The van der Waals surface area contributed by atoms with Crippen molar-refractivity contribution in [3.8, 4) is 0 Å². The number of pyridine rings is 1. The lowest BCUT2D eigenvalue weighted by Gasteiger charge is -2.17. The minimum atomic E-state index is -0.447. The molecule has 0 saturated heterocycles. The molecule has 0 aliphatic heterocycles. The molecule has 0 unspecified atom stereocenters. The van der Waals surface area contributed by atoms with Crippen LogP contribution in [0.15, 0.2) is 18.3 Å². The maximum absolute atomic E-state index is 10.5. The SMILES string of the molecule is CCN(CC)CCCNc1ccc([N+](=O)[O-])cn1. The van der Waals surface area contributed by atoms with E-state index >= 15 is 0 Å². The van der Waals surface area contributed by atoms with Crippen LogP contribution >= 0.6 is 0 Å². The van der Waals surface area contributed by atoms with Crippen LogP contribution < -0.4 is 5.32 Å². The molecule has 0 spiro atoms. The van der Waals surface area contributed by atoms with Crippen molar-refractivity contribution < 1.29 is 4.92 Å². The summed E-state index contributed by atoms with van der Waals surface area (Å²) in [4.78, 5) is 16.3. The van der Waals surface area contributed by atoms with Gasteiger partial charge in [-0.25, -0.2) is 4.98 Å². The highest BCUT2D eigenvalue weighted by molar-refractivity contribution is 5.39. The lowest BCUT2D eigenvalue weighted by molar-refractivity contribution is -0.385. The van der Waals surface area contributed by atoms with Crippen LogP contribution in [0.1, 0.15) is 20.3 Å². The van der Waals surface area contributed by atoms with E-state index in [1.54, 1.807) is 6.07 Å². The Morgan fingerprint density at radius 1 is 1.39 bits per heavy atom. The second-order valence-electron chi connectivity index (χ2n) is 3.97. The van der Waals surface area contributed by atoms with Crippen molar-refractivity contribution in [1.29, 1.82) is 0 Å². The van der Waals surface area contributed by atoms with Gasteiger partial charge in [-0.3, -0.25) is 10.1 Å². The molecule has 6 heteroatoms. The van der Waals surface area contributed by atoms with Crippen LogP contribution in [0.3, 0.4) is 0 Å². The minimum Gasteiger partial charge on any atom is -0.370 e. The second-order valence-corrected chi connectivity index (χ2v) is 3.97. The third kappa shape index (κ3) is 4.67. The maximum Gasteiger partial charge on any atom is 0.287 e. The summed E-state index contributed by atoms with van der Waals surface area (Å²) < 4.78 is 0. The number of aromatic nitrogens is 1. The summed E-state index contributed by atoms with van der Waals surface area (Å²) >= 11 is 0. The number of anilines is 1. The van der Waals surface area contributed by atoms with Gasteiger partial charge in [0.1, 0.15) is 12.0 Å². The molecular formula is C12H20N4O2. The predicted molar refractivity (Wildman–Crippen MR) is 71.8 cm³/mol. The zero-order valence-electron chi connectivity index (χ0n) is 10.9. The van der Waals surface area contributed by atoms with Crippen molar-refractivity contribution in [2.24, 2.45) is 0 Å². The van der Waals surface area contributed by atoms with Gasteiger partial charge in [0.05, 0.1) is 4.92 Å². The molecule has 0 aliphatic rings. The summed E-state index contributed by atoms with van der Waals surface area (Å²) in [6.07, 6.45) is 2.30. The highest BCUT2D eigenvalue weighted by atomic mass is 16.6. The first-order valence-electron chi connectivity index (χ1n) is 6.24. The number of nitrogens with one attached hydrogen (secondary N) is 1. The van der Waals surface area contributed by atoms with Crippen LogP contribution in [-0.4, -0.2) is 41.0 Å². The zero-order chi connectivity index (χ0) is 13.4. The number of hydrogen-bond acceptors (Lipinski definition) is 5. The first kappa shape index (κ1) is 14.4. The monoisotopic (exact) mass is 252 g/mol. The predicted octanol–water partition coefficient (Wildman–Crippen LogP) is 2.13. The molecule has 1 N–H and O–H groups in total.